The van der Waals surface area contributed by atoms with Gasteiger partial charge in [-0.25, -0.2) is 4.39 Å². The number of carbonyl (C=O) groups is 2. The molecule has 1 unspecified atom stereocenters. The highest BCUT2D eigenvalue weighted by Crippen LogP contribution is 2.35. The third kappa shape index (κ3) is 1.34. The first kappa shape index (κ1) is 8.66. The highest BCUT2D eigenvalue weighted by Gasteiger charge is 2.45. The van der Waals surface area contributed by atoms with E-state index in [2.05, 4.69) is 5.32 Å². The van der Waals surface area contributed by atoms with E-state index in [4.69, 9.17) is 0 Å². The average molecular weight is 185 g/mol. The van der Waals surface area contributed by atoms with Gasteiger partial charge in [0, 0.05) is 12.0 Å². The van der Waals surface area contributed by atoms with Crippen molar-refractivity contribution in [3.05, 3.63) is 0 Å². The first-order valence-corrected chi connectivity index (χ1v) is 4.62. The lowest BCUT2D eigenvalue weighted by Crippen LogP contribution is -2.57. The van der Waals surface area contributed by atoms with Crippen LogP contribution in [0.25, 0.3) is 0 Å². The number of alkyl halides is 1. The molecule has 2 fully saturated rings. The van der Waals surface area contributed by atoms with Gasteiger partial charge in [-0.05, 0) is 12.8 Å². The molecule has 72 valence electrons. The van der Waals surface area contributed by atoms with Crippen LogP contribution in [-0.4, -0.2) is 23.4 Å². The topological polar surface area (TPSA) is 46.2 Å². The summed E-state index contributed by atoms with van der Waals surface area (Å²) in [6, 6.07) is 0. The molecule has 1 aliphatic heterocycles. The van der Waals surface area contributed by atoms with Gasteiger partial charge in [-0.1, -0.05) is 12.8 Å². The minimum absolute atomic E-state index is 0.180. The van der Waals surface area contributed by atoms with Gasteiger partial charge in [0.15, 0.2) is 5.78 Å². The monoisotopic (exact) mass is 185 g/mol. The summed E-state index contributed by atoms with van der Waals surface area (Å²) in [6.45, 7) is 0. The van der Waals surface area contributed by atoms with Gasteiger partial charge in [0.25, 0.3) is 5.91 Å². The molecule has 1 N–H and O–H groups in total. The quantitative estimate of drug-likeness (QED) is 0.565. The van der Waals surface area contributed by atoms with Crippen LogP contribution in [0, 0.1) is 0 Å². The van der Waals surface area contributed by atoms with E-state index in [1.54, 1.807) is 0 Å². The van der Waals surface area contributed by atoms with E-state index in [0.29, 0.717) is 0 Å². The molecule has 1 saturated heterocycles. The van der Waals surface area contributed by atoms with E-state index in [0.717, 1.165) is 25.7 Å². The Bertz CT molecular complexity index is 238. The van der Waals surface area contributed by atoms with E-state index >= 15 is 0 Å². The second-order valence-corrected chi connectivity index (χ2v) is 3.98. The van der Waals surface area contributed by atoms with Crippen LogP contribution in [-0.2, 0) is 9.59 Å². The standard InChI is InChI=1S/C9H12FNO2/c10-7-6(12)5-9(11-8(7)13)3-1-2-4-9/h7H,1-5H2,(H,11,13). The highest BCUT2D eigenvalue weighted by molar-refractivity contribution is 6.07. The van der Waals surface area contributed by atoms with Crippen molar-refractivity contribution in [1.29, 1.82) is 0 Å². The molecular weight excluding hydrogens is 173 g/mol. The molecular formula is C9H12FNO2. The number of carbonyl (C=O) groups excluding carboxylic acids is 2. The summed E-state index contributed by atoms with van der Waals surface area (Å²) >= 11 is 0. The molecule has 0 radical (unpaired) electrons. The summed E-state index contributed by atoms with van der Waals surface area (Å²) in [6.07, 6.45) is 1.93. The van der Waals surface area contributed by atoms with Crippen molar-refractivity contribution in [3.8, 4) is 0 Å². The molecule has 1 heterocycles. The Balaban J connectivity index is 2.17. The molecule has 1 atom stereocenters. The zero-order chi connectivity index (χ0) is 9.47. The molecule has 4 heteroatoms. The van der Waals surface area contributed by atoms with Crippen molar-refractivity contribution in [1.82, 2.24) is 5.32 Å². The van der Waals surface area contributed by atoms with Gasteiger partial charge in [-0.2, -0.15) is 0 Å². The Hall–Kier alpha value is -0.930. The lowest BCUT2D eigenvalue weighted by molar-refractivity contribution is -0.141. The minimum atomic E-state index is -1.92. The third-order valence-corrected chi connectivity index (χ3v) is 2.97. The first-order chi connectivity index (χ1) is 6.13. The molecule has 1 aliphatic carbocycles. The van der Waals surface area contributed by atoms with Crippen molar-refractivity contribution in [2.45, 2.75) is 43.8 Å². The Morgan fingerprint density at radius 3 is 2.46 bits per heavy atom. The molecule has 13 heavy (non-hydrogen) atoms. The van der Waals surface area contributed by atoms with Crippen LogP contribution in [0.1, 0.15) is 32.1 Å². The summed E-state index contributed by atoms with van der Waals surface area (Å²) in [5.74, 6) is -1.29. The van der Waals surface area contributed by atoms with Crippen LogP contribution in [0.3, 0.4) is 0 Å². The van der Waals surface area contributed by atoms with Gasteiger partial charge in [0.1, 0.15) is 0 Å². The maximum atomic E-state index is 12.8. The summed E-state index contributed by atoms with van der Waals surface area (Å²) in [4.78, 5) is 22.2. The normalized spacial score (nSPS) is 32.2. The zero-order valence-corrected chi connectivity index (χ0v) is 7.31. The van der Waals surface area contributed by atoms with Crippen molar-refractivity contribution < 1.29 is 14.0 Å². The van der Waals surface area contributed by atoms with Crippen LogP contribution >= 0.6 is 0 Å². The molecule has 0 bridgehead atoms. The van der Waals surface area contributed by atoms with Crippen LogP contribution < -0.4 is 5.32 Å². The zero-order valence-electron chi connectivity index (χ0n) is 7.31. The Labute approximate surface area is 75.7 Å². The van der Waals surface area contributed by atoms with E-state index in [1.165, 1.54) is 0 Å². The summed E-state index contributed by atoms with van der Waals surface area (Å²) in [5.41, 5.74) is -0.392. The molecule has 0 aromatic heterocycles. The molecule has 0 aromatic rings. The Morgan fingerprint density at radius 1 is 1.31 bits per heavy atom. The van der Waals surface area contributed by atoms with E-state index in [9.17, 15) is 14.0 Å². The number of rotatable bonds is 0. The molecule has 1 amide bonds. The Kier molecular flexibility index (Phi) is 1.86. The van der Waals surface area contributed by atoms with Gasteiger partial charge in [-0.3, -0.25) is 9.59 Å². The van der Waals surface area contributed by atoms with Crippen LogP contribution in [0.15, 0.2) is 0 Å². The third-order valence-electron chi connectivity index (χ3n) is 2.97. The SMILES string of the molecule is O=C1CC2(CCCC2)NC(=O)C1F. The van der Waals surface area contributed by atoms with Crippen molar-refractivity contribution in [2.75, 3.05) is 0 Å². The predicted octanol–water partition coefficient (Wildman–Crippen LogP) is 0.726. The average Bonchev–Trinajstić information content (AvgIpc) is 2.49. The Morgan fingerprint density at radius 2 is 1.92 bits per heavy atom. The van der Waals surface area contributed by atoms with Crippen LogP contribution in [0.4, 0.5) is 4.39 Å². The fraction of sp³-hybridized carbons (Fsp3) is 0.778. The minimum Gasteiger partial charge on any atom is -0.347 e. The number of amides is 1. The molecule has 1 spiro atoms. The highest BCUT2D eigenvalue weighted by atomic mass is 19.1. The lowest BCUT2D eigenvalue weighted by atomic mass is 9.86. The van der Waals surface area contributed by atoms with Crippen molar-refractivity contribution >= 4 is 11.7 Å². The predicted molar refractivity (Wildman–Crippen MR) is 43.9 cm³/mol. The fourth-order valence-corrected chi connectivity index (χ4v) is 2.29. The van der Waals surface area contributed by atoms with E-state index < -0.39 is 23.4 Å². The van der Waals surface area contributed by atoms with E-state index in [1.807, 2.05) is 0 Å². The van der Waals surface area contributed by atoms with Gasteiger partial charge in [-0.15, -0.1) is 0 Å². The van der Waals surface area contributed by atoms with Crippen LogP contribution in [0.2, 0.25) is 0 Å². The number of hydrogen-bond acceptors (Lipinski definition) is 2. The van der Waals surface area contributed by atoms with Crippen molar-refractivity contribution in [2.24, 2.45) is 0 Å². The number of nitrogens with one attached hydrogen (secondary N) is 1. The van der Waals surface area contributed by atoms with Crippen molar-refractivity contribution in [3.63, 3.8) is 0 Å². The maximum absolute atomic E-state index is 12.8. The van der Waals surface area contributed by atoms with Gasteiger partial charge >= 0.3 is 0 Å². The number of halogens is 1. The van der Waals surface area contributed by atoms with Crippen LogP contribution in [0.5, 0.6) is 0 Å². The van der Waals surface area contributed by atoms with Gasteiger partial charge < -0.3 is 5.32 Å². The van der Waals surface area contributed by atoms with Gasteiger partial charge in [0.05, 0.1) is 0 Å². The summed E-state index contributed by atoms with van der Waals surface area (Å²) in [5, 5.41) is 2.64. The smallest absolute Gasteiger partial charge is 0.262 e. The number of hydrogen-bond donors (Lipinski definition) is 1. The molecule has 0 aromatic carbocycles. The lowest BCUT2D eigenvalue weighted by Gasteiger charge is -2.34. The molecule has 1 saturated carbocycles. The molecule has 2 aliphatic rings. The second kappa shape index (κ2) is 2.79. The summed E-state index contributed by atoms with van der Waals surface area (Å²) < 4.78 is 12.8. The number of Topliss-reactive ketones (excluding diaryl/α,β-unsaturated/α-hetero) is 1. The fourth-order valence-electron chi connectivity index (χ4n) is 2.29. The molecule has 2 rings (SSSR count). The van der Waals surface area contributed by atoms with Gasteiger partial charge in [0.2, 0.25) is 6.17 Å². The number of piperidine rings is 1. The second-order valence-electron chi connectivity index (χ2n) is 3.98. The van der Waals surface area contributed by atoms with E-state index in [-0.39, 0.29) is 6.42 Å². The number of ketones is 1. The first-order valence-electron chi connectivity index (χ1n) is 4.62. The molecule has 3 nitrogen and oxygen atoms in total. The largest absolute Gasteiger partial charge is 0.347 e. The summed E-state index contributed by atoms with van der Waals surface area (Å²) in [7, 11) is 0. The maximum Gasteiger partial charge on any atom is 0.262 e.